The summed E-state index contributed by atoms with van der Waals surface area (Å²) in [6.45, 7) is 8.80. The monoisotopic (exact) mass is 243 g/mol. The maximum absolute atomic E-state index is 8.99. The van der Waals surface area contributed by atoms with Crippen LogP contribution in [-0.4, -0.2) is 36.5 Å². The normalized spacial score (nSPS) is 25.1. The number of aliphatic hydroxyl groups excluding tert-OH is 1. The Kier molecular flexibility index (Phi) is 6.45. The molecule has 3 heteroatoms. The summed E-state index contributed by atoms with van der Waals surface area (Å²) in [6, 6.07) is 0. The van der Waals surface area contributed by atoms with Gasteiger partial charge in [0.25, 0.3) is 0 Å². The van der Waals surface area contributed by atoms with E-state index in [1.165, 1.54) is 19.3 Å². The zero-order valence-corrected chi connectivity index (χ0v) is 11.7. The molecule has 102 valence electrons. The molecule has 2 unspecified atom stereocenters. The van der Waals surface area contributed by atoms with Crippen molar-refractivity contribution in [2.75, 3.05) is 19.7 Å². The summed E-state index contributed by atoms with van der Waals surface area (Å²) >= 11 is 0. The van der Waals surface area contributed by atoms with Gasteiger partial charge in [-0.2, -0.15) is 0 Å². The highest BCUT2D eigenvalue weighted by atomic mass is 16.5. The van der Waals surface area contributed by atoms with Gasteiger partial charge >= 0.3 is 0 Å². The number of rotatable bonds is 8. The molecular weight excluding hydrogens is 214 g/mol. The summed E-state index contributed by atoms with van der Waals surface area (Å²) in [4.78, 5) is 0. The molecule has 1 rings (SSSR count). The van der Waals surface area contributed by atoms with E-state index in [4.69, 9.17) is 9.84 Å². The predicted octanol–water partition coefficient (Wildman–Crippen LogP) is 2.33. The van der Waals surface area contributed by atoms with Crippen molar-refractivity contribution >= 4 is 0 Å². The van der Waals surface area contributed by atoms with Crippen LogP contribution in [0.3, 0.4) is 0 Å². The van der Waals surface area contributed by atoms with Gasteiger partial charge in [-0.15, -0.1) is 0 Å². The number of hydrogen-bond donors (Lipinski definition) is 2. The van der Waals surface area contributed by atoms with Crippen LogP contribution >= 0.6 is 0 Å². The van der Waals surface area contributed by atoms with Crippen LogP contribution < -0.4 is 5.32 Å². The molecule has 0 aromatic carbocycles. The first-order valence-electron chi connectivity index (χ1n) is 7.07. The van der Waals surface area contributed by atoms with Crippen LogP contribution in [-0.2, 0) is 4.74 Å². The van der Waals surface area contributed by atoms with Crippen molar-refractivity contribution in [1.29, 1.82) is 0 Å². The van der Waals surface area contributed by atoms with Crippen LogP contribution in [0.15, 0.2) is 0 Å². The molecule has 1 saturated heterocycles. The van der Waals surface area contributed by atoms with Crippen molar-refractivity contribution < 1.29 is 9.84 Å². The summed E-state index contributed by atoms with van der Waals surface area (Å²) < 4.78 is 5.94. The van der Waals surface area contributed by atoms with E-state index in [2.05, 4.69) is 26.1 Å². The van der Waals surface area contributed by atoms with Crippen molar-refractivity contribution in [3.05, 3.63) is 0 Å². The largest absolute Gasteiger partial charge is 0.396 e. The van der Waals surface area contributed by atoms with Gasteiger partial charge in [0.15, 0.2) is 0 Å². The molecule has 0 aromatic rings. The Morgan fingerprint density at radius 3 is 2.71 bits per heavy atom. The Morgan fingerprint density at radius 2 is 2.18 bits per heavy atom. The third kappa shape index (κ3) is 5.84. The second kappa shape index (κ2) is 7.34. The van der Waals surface area contributed by atoms with Crippen LogP contribution in [0.2, 0.25) is 0 Å². The van der Waals surface area contributed by atoms with E-state index in [1.807, 2.05) is 0 Å². The third-order valence-corrected chi connectivity index (χ3v) is 3.59. The quantitative estimate of drug-likeness (QED) is 0.687. The lowest BCUT2D eigenvalue weighted by atomic mass is 10.00. The highest BCUT2D eigenvalue weighted by Gasteiger charge is 2.31. The highest BCUT2D eigenvalue weighted by Crippen LogP contribution is 2.28. The Labute approximate surface area is 106 Å². The highest BCUT2D eigenvalue weighted by molar-refractivity contribution is 4.82. The van der Waals surface area contributed by atoms with E-state index in [-0.39, 0.29) is 5.60 Å². The lowest BCUT2D eigenvalue weighted by Gasteiger charge is -2.21. The minimum atomic E-state index is 0.0697. The Morgan fingerprint density at radius 1 is 1.41 bits per heavy atom. The number of aliphatic hydroxyl groups is 1. The van der Waals surface area contributed by atoms with E-state index >= 15 is 0 Å². The lowest BCUT2D eigenvalue weighted by molar-refractivity contribution is -0.0145. The summed E-state index contributed by atoms with van der Waals surface area (Å²) in [5.41, 5.74) is 0.0697. The lowest BCUT2D eigenvalue weighted by Crippen LogP contribution is -2.32. The van der Waals surface area contributed by atoms with Crippen LogP contribution in [0, 0.1) is 5.92 Å². The number of ether oxygens (including phenoxy) is 1. The Bertz CT molecular complexity index is 198. The molecule has 1 fully saturated rings. The van der Waals surface area contributed by atoms with Gasteiger partial charge in [-0.25, -0.2) is 0 Å². The van der Waals surface area contributed by atoms with E-state index in [0.29, 0.717) is 18.6 Å². The molecule has 0 aliphatic carbocycles. The zero-order chi connectivity index (χ0) is 12.7. The number of hydrogen-bond acceptors (Lipinski definition) is 3. The molecule has 3 nitrogen and oxygen atoms in total. The third-order valence-electron chi connectivity index (χ3n) is 3.59. The van der Waals surface area contributed by atoms with Gasteiger partial charge in [0.1, 0.15) is 0 Å². The maximum Gasteiger partial charge on any atom is 0.0707 e. The van der Waals surface area contributed by atoms with E-state index in [9.17, 15) is 0 Å². The fourth-order valence-corrected chi connectivity index (χ4v) is 2.61. The fourth-order valence-electron chi connectivity index (χ4n) is 2.61. The molecule has 2 atom stereocenters. The molecule has 0 amide bonds. The molecule has 2 N–H and O–H groups in total. The molecule has 0 radical (unpaired) electrons. The first-order chi connectivity index (χ1) is 8.07. The van der Waals surface area contributed by atoms with Gasteiger partial charge in [-0.3, -0.25) is 0 Å². The molecule has 0 saturated carbocycles. The summed E-state index contributed by atoms with van der Waals surface area (Å²) in [7, 11) is 0. The number of nitrogens with one attached hydrogen (secondary N) is 1. The SMILES string of the molecule is CCCC(CCO)CNCC1CCC(C)(C)O1. The van der Waals surface area contributed by atoms with Crippen LogP contribution in [0.4, 0.5) is 0 Å². The van der Waals surface area contributed by atoms with Gasteiger partial charge in [0.05, 0.1) is 11.7 Å². The fraction of sp³-hybridized carbons (Fsp3) is 1.00. The Balaban J connectivity index is 2.13. The van der Waals surface area contributed by atoms with Crippen molar-refractivity contribution in [3.8, 4) is 0 Å². The molecule has 0 spiro atoms. The van der Waals surface area contributed by atoms with Crippen LogP contribution in [0.25, 0.3) is 0 Å². The van der Waals surface area contributed by atoms with Gasteiger partial charge in [-0.05, 0) is 52.0 Å². The molecule has 17 heavy (non-hydrogen) atoms. The van der Waals surface area contributed by atoms with Crippen molar-refractivity contribution in [2.45, 2.75) is 64.6 Å². The van der Waals surface area contributed by atoms with Crippen LogP contribution in [0.1, 0.15) is 52.9 Å². The van der Waals surface area contributed by atoms with Crippen molar-refractivity contribution in [3.63, 3.8) is 0 Å². The molecule has 1 aliphatic rings. The average Bonchev–Trinajstić information content (AvgIpc) is 2.59. The minimum Gasteiger partial charge on any atom is -0.396 e. The van der Waals surface area contributed by atoms with E-state index in [0.717, 1.165) is 25.9 Å². The summed E-state index contributed by atoms with van der Waals surface area (Å²) in [5, 5.41) is 12.5. The minimum absolute atomic E-state index is 0.0697. The van der Waals surface area contributed by atoms with Gasteiger partial charge < -0.3 is 15.2 Å². The van der Waals surface area contributed by atoms with Gasteiger partial charge in [0, 0.05) is 13.2 Å². The predicted molar refractivity (Wildman–Crippen MR) is 71.2 cm³/mol. The molecule has 0 aromatic heterocycles. The van der Waals surface area contributed by atoms with Crippen LogP contribution in [0.5, 0.6) is 0 Å². The second-order valence-electron chi connectivity index (χ2n) is 5.86. The maximum atomic E-state index is 8.99. The van der Waals surface area contributed by atoms with Crippen molar-refractivity contribution in [2.24, 2.45) is 5.92 Å². The van der Waals surface area contributed by atoms with Crippen molar-refractivity contribution in [1.82, 2.24) is 5.32 Å². The molecule has 0 bridgehead atoms. The average molecular weight is 243 g/mol. The second-order valence-corrected chi connectivity index (χ2v) is 5.86. The Hall–Kier alpha value is -0.120. The summed E-state index contributed by atoms with van der Waals surface area (Å²) in [5.74, 6) is 0.611. The zero-order valence-electron chi connectivity index (χ0n) is 11.7. The standard InChI is InChI=1S/C14H29NO2/c1-4-5-12(7-9-16)10-15-11-13-6-8-14(2,3)17-13/h12-13,15-16H,4-11H2,1-3H3. The van der Waals surface area contributed by atoms with E-state index in [1.54, 1.807) is 0 Å². The van der Waals surface area contributed by atoms with E-state index < -0.39 is 0 Å². The summed E-state index contributed by atoms with van der Waals surface area (Å²) in [6.07, 6.45) is 6.01. The molecule has 1 heterocycles. The topological polar surface area (TPSA) is 41.5 Å². The first kappa shape index (κ1) is 14.9. The molecular formula is C14H29NO2. The first-order valence-corrected chi connectivity index (χ1v) is 7.07. The van der Waals surface area contributed by atoms with Gasteiger partial charge in [0.2, 0.25) is 0 Å². The smallest absolute Gasteiger partial charge is 0.0707 e. The van der Waals surface area contributed by atoms with Gasteiger partial charge in [-0.1, -0.05) is 13.3 Å². The molecule has 1 aliphatic heterocycles.